The van der Waals surface area contributed by atoms with Crippen molar-refractivity contribution in [3.63, 3.8) is 0 Å². The zero-order chi connectivity index (χ0) is 20.0. The molecule has 0 aliphatic carbocycles. The Hall–Kier alpha value is -2.39. The van der Waals surface area contributed by atoms with Gasteiger partial charge in [0.1, 0.15) is 6.04 Å². The van der Waals surface area contributed by atoms with Crippen molar-refractivity contribution >= 4 is 17.7 Å². The number of hydrogen-bond donors (Lipinski definition) is 2. The second-order valence-corrected chi connectivity index (χ2v) is 7.75. The fraction of sp³-hybridized carbons (Fsp3) is 0.526. The van der Waals surface area contributed by atoms with Crippen LogP contribution < -0.4 is 11.1 Å². The van der Waals surface area contributed by atoms with Crippen LogP contribution in [0.4, 0.5) is 8.78 Å². The number of nitrogens with zero attached hydrogens (tertiary/aromatic N) is 2. The highest BCUT2D eigenvalue weighted by atomic mass is 19.3. The molecule has 3 N–H and O–H groups in total. The van der Waals surface area contributed by atoms with Gasteiger partial charge >= 0.3 is 0 Å². The summed E-state index contributed by atoms with van der Waals surface area (Å²) in [6, 6.07) is 4.28. The van der Waals surface area contributed by atoms with Gasteiger partial charge in [-0.15, -0.1) is 0 Å². The number of nitrogens with one attached hydrogen (secondary N) is 1. The summed E-state index contributed by atoms with van der Waals surface area (Å²) in [7, 11) is 0. The van der Waals surface area contributed by atoms with Gasteiger partial charge in [0.2, 0.25) is 18.2 Å². The van der Waals surface area contributed by atoms with Gasteiger partial charge in [-0.3, -0.25) is 24.6 Å². The van der Waals surface area contributed by atoms with Crippen LogP contribution >= 0.6 is 0 Å². The zero-order valence-corrected chi connectivity index (χ0v) is 15.2. The van der Waals surface area contributed by atoms with E-state index >= 15 is 0 Å². The van der Waals surface area contributed by atoms with Crippen molar-refractivity contribution in [2.45, 2.75) is 44.4 Å². The van der Waals surface area contributed by atoms with Gasteiger partial charge in [-0.25, -0.2) is 8.78 Å². The average Bonchev–Trinajstić information content (AvgIpc) is 3.16. The van der Waals surface area contributed by atoms with E-state index in [1.165, 1.54) is 4.90 Å². The number of imide groups is 1. The second-order valence-electron chi connectivity index (χ2n) is 7.75. The number of nitrogens with two attached hydrogens (primary N) is 1. The lowest BCUT2D eigenvalue weighted by Gasteiger charge is -2.29. The maximum atomic E-state index is 13.0. The van der Waals surface area contributed by atoms with Crippen molar-refractivity contribution in [3.8, 4) is 0 Å². The molecular formula is C19H22F2N4O3. The van der Waals surface area contributed by atoms with Crippen LogP contribution in [0, 0.1) is 5.92 Å². The molecule has 3 atom stereocenters. The number of alkyl halides is 2. The molecule has 0 saturated carbocycles. The number of hydrogen-bond acceptors (Lipinski definition) is 5. The maximum Gasteiger partial charge on any atom is 0.255 e. The van der Waals surface area contributed by atoms with E-state index < -0.39 is 30.3 Å². The highest BCUT2D eigenvalue weighted by Crippen LogP contribution is 2.29. The van der Waals surface area contributed by atoms with Crippen molar-refractivity contribution in [1.82, 2.24) is 15.1 Å². The minimum Gasteiger partial charge on any atom is -0.326 e. The number of likely N-dealkylation sites (tertiary alicyclic amines) is 1. The number of carbonyl (C=O) groups is 3. The monoisotopic (exact) mass is 392 g/mol. The summed E-state index contributed by atoms with van der Waals surface area (Å²) >= 11 is 0. The van der Waals surface area contributed by atoms with E-state index in [0.717, 1.165) is 11.1 Å². The summed E-state index contributed by atoms with van der Waals surface area (Å²) in [5.41, 5.74) is 8.01. The standard InChI is InChI=1S/C19H22F2N4O3/c20-17(21)13-8-24(9-14(13)22)6-10-1-2-11-7-25(19(28)12(11)5-10)15-3-4-16(26)23-18(15)27/h1-2,5,13-15,17H,3-4,6-9,22H2,(H,23,26,27)/t13-,14-,15?/m1/s1. The van der Waals surface area contributed by atoms with Crippen LogP contribution in [0.2, 0.25) is 0 Å². The van der Waals surface area contributed by atoms with E-state index in [0.29, 0.717) is 31.6 Å². The molecule has 1 aromatic rings. The number of carbonyl (C=O) groups excluding carboxylic acids is 3. The van der Waals surface area contributed by atoms with E-state index in [9.17, 15) is 23.2 Å². The molecule has 2 fully saturated rings. The first-order valence-corrected chi connectivity index (χ1v) is 9.36. The molecule has 150 valence electrons. The number of benzene rings is 1. The Morgan fingerprint density at radius 1 is 1.21 bits per heavy atom. The SMILES string of the molecule is N[C@@H]1CN(Cc2ccc3c(c2)C(=O)N(C2CCC(=O)NC2=O)C3)C[C@H]1C(F)F. The molecule has 3 aliphatic heterocycles. The fourth-order valence-corrected chi connectivity index (χ4v) is 4.30. The highest BCUT2D eigenvalue weighted by Gasteiger charge is 2.39. The first-order valence-electron chi connectivity index (χ1n) is 9.36. The number of rotatable bonds is 4. The summed E-state index contributed by atoms with van der Waals surface area (Å²) in [4.78, 5) is 39.6. The quantitative estimate of drug-likeness (QED) is 0.727. The van der Waals surface area contributed by atoms with Gasteiger partial charge in [-0.2, -0.15) is 0 Å². The third-order valence-corrected chi connectivity index (χ3v) is 5.81. The Balaban J connectivity index is 1.46. The molecule has 3 aliphatic rings. The Morgan fingerprint density at radius 3 is 2.68 bits per heavy atom. The topological polar surface area (TPSA) is 95.7 Å². The maximum absolute atomic E-state index is 13.0. The number of fused-ring (bicyclic) bond motifs is 1. The van der Waals surface area contributed by atoms with Crippen LogP contribution in [0.3, 0.4) is 0 Å². The molecule has 0 bridgehead atoms. The molecular weight excluding hydrogens is 370 g/mol. The molecule has 0 aromatic heterocycles. The number of amides is 3. The van der Waals surface area contributed by atoms with Gasteiger partial charge in [-0.05, 0) is 23.6 Å². The molecule has 0 radical (unpaired) electrons. The van der Waals surface area contributed by atoms with Crippen LogP contribution in [0.15, 0.2) is 18.2 Å². The Labute approximate surface area is 160 Å². The van der Waals surface area contributed by atoms with Gasteiger partial charge < -0.3 is 10.6 Å². The predicted octanol–water partition coefficient (Wildman–Crippen LogP) is 0.472. The second kappa shape index (κ2) is 7.21. The normalized spacial score (nSPS) is 28.2. The molecule has 0 spiro atoms. The molecule has 2 saturated heterocycles. The van der Waals surface area contributed by atoms with Crippen LogP contribution in [0.1, 0.15) is 34.3 Å². The lowest BCUT2D eigenvalue weighted by atomic mass is 10.0. The first-order chi connectivity index (χ1) is 13.3. The third kappa shape index (κ3) is 3.40. The number of piperidine rings is 1. The van der Waals surface area contributed by atoms with Gasteiger partial charge in [0.05, 0.1) is 0 Å². The van der Waals surface area contributed by atoms with E-state index in [4.69, 9.17) is 5.73 Å². The molecule has 1 aromatic carbocycles. The smallest absolute Gasteiger partial charge is 0.255 e. The molecule has 1 unspecified atom stereocenters. The Kier molecular flexibility index (Phi) is 4.88. The third-order valence-electron chi connectivity index (χ3n) is 5.81. The lowest BCUT2D eigenvalue weighted by Crippen LogP contribution is -2.52. The van der Waals surface area contributed by atoms with Crippen LogP contribution in [-0.2, 0) is 22.7 Å². The van der Waals surface area contributed by atoms with Crippen molar-refractivity contribution in [2.24, 2.45) is 11.7 Å². The minimum absolute atomic E-state index is 0.211. The fourth-order valence-electron chi connectivity index (χ4n) is 4.30. The van der Waals surface area contributed by atoms with Crippen LogP contribution in [0.5, 0.6) is 0 Å². The molecule has 7 nitrogen and oxygen atoms in total. The summed E-state index contributed by atoms with van der Waals surface area (Å²) < 4.78 is 26.0. The predicted molar refractivity (Wildman–Crippen MR) is 95.2 cm³/mol. The van der Waals surface area contributed by atoms with E-state index in [2.05, 4.69) is 5.32 Å². The van der Waals surface area contributed by atoms with Gasteiger partial charge in [0.25, 0.3) is 5.91 Å². The highest BCUT2D eigenvalue weighted by molar-refractivity contribution is 6.05. The average molecular weight is 392 g/mol. The molecule has 28 heavy (non-hydrogen) atoms. The van der Waals surface area contributed by atoms with Crippen molar-refractivity contribution in [3.05, 3.63) is 34.9 Å². The summed E-state index contributed by atoms with van der Waals surface area (Å²) in [6.45, 7) is 1.38. The number of halogens is 2. The van der Waals surface area contributed by atoms with Crippen molar-refractivity contribution in [2.75, 3.05) is 13.1 Å². The van der Waals surface area contributed by atoms with Crippen LogP contribution in [0.25, 0.3) is 0 Å². The van der Waals surface area contributed by atoms with Gasteiger partial charge in [-0.1, -0.05) is 12.1 Å². The molecule has 4 rings (SSSR count). The van der Waals surface area contributed by atoms with E-state index in [1.54, 1.807) is 6.07 Å². The largest absolute Gasteiger partial charge is 0.326 e. The summed E-state index contributed by atoms with van der Waals surface area (Å²) in [6.07, 6.45) is -1.91. The van der Waals surface area contributed by atoms with Gasteiger partial charge in [0.15, 0.2) is 0 Å². The van der Waals surface area contributed by atoms with Crippen molar-refractivity contribution < 1.29 is 23.2 Å². The minimum atomic E-state index is -2.44. The molecule has 3 heterocycles. The summed E-state index contributed by atoms with van der Waals surface area (Å²) in [5, 5.41) is 2.28. The van der Waals surface area contributed by atoms with Gasteiger partial charge in [0, 0.05) is 50.1 Å². The first kappa shape index (κ1) is 18.9. The molecule has 3 amide bonds. The summed E-state index contributed by atoms with van der Waals surface area (Å²) in [5.74, 6) is -1.84. The Morgan fingerprint density at radius 2 is 2.00 bits per heavy atom. The zero-order valence-electron chi connectivity index (χ0n) is 15.2. The molecule has 9 heteroatoms. The van der Waals surface area contributed by atoms with E-state index in [1.807, 2.05) is 17.0 Å². The van der Waals surface area contributed by atoms with E-state index in [-0.39, 0.29) is 24.8 Å². The van der Waals surface area contributed by atoms with Crippen LogP contribution in [-0.4, -0.2) is 59.1 Å². The Bertz CT molecular complexity index is 831. The lowest BCUT2D eigenvalue weighted by molar-refractivity contribution is -0.136. The van der Waals surface area contributed by atoms with Crippen molar-refractivity contribution in [1.29, 1.82) is 0 Å².